The number of nitrogens with one attached hydrogen (secondary N) is 1. The van der Waals surface area contributed by atoms with Gasteiger partial charge in [-0.25, -0.2) is 4.98 Å². The standard InChI is InChI=1S/C16H22N4O/c1-20-16(18-11-19-20)7-8-17-14-5-3-12-4-6-15(21-2)10-13(12)9-14/h4,6,10-11,14,17H,3,5,7-9H2,1-2H3/t14-/m1/s1. The molecule has 1 N–H and O–H groups in total. The molecule has 0 amide bonds. The van der Waals surface area contributed by atoms with Gasteiger partial charge < -0.3 is 10.1 Å². The summed E-state index contributed by atoms with van der Waals surface area (Å²) in [6.45, 7) is 0.941. The zero-order valence-corrected chi connectivity index (χ0v) is 12.7. The summed E-state index contributed by atoms with van der Waals surface area (Å²) < 4.78 is 7.16. The number of aromatic nitrogens is 3. The summed E-state index contributed by atoms with van der Waals surface area (Å²) in [4.78, 5) is 4.25. The molecule has 0 radical (unpaired) electrons. The molecule has 5 nitrogen and oxygen atoms in total. The maximum absolute atomic E-state index is 5.32. The van der Waals surface area contributed by atoms with E-state index in [9.17, 15) is 0 Å². The quantitative estimate of drug-likeness (QED) is 0.905. The number of rotatable bonds is 5. The van der Waals surface area contributed by atoms with Crippen molar-refractivity contribution in [3.63, 3.8) is 0 Å². The SMILES string of the molecule is COc1ccc2c(c1)C[C@H](NCCc1ncnn1C)CC2. The average Bonchev–Trinajstić information content (AvgIpc) is 2.92. The molecule has 112 valence electrons. The smallest absolute Gasteiger partial charge is 0.138 e. The third-order valence-electron chi connectivity index (χ3n) is 4.23. The van der Waals surface area contributed by atoms with Gasteiger partial charge in [0.2, 0.25) is 0 Å². The summed E-state index contributed by atoms with van der Waals surface area (Å²) in [5.41, 5.74) is 2.87. The topological polar surface area (TPSA) is 52.0 Å². The maximum Gasteiger partial charge on any atom is 0.138 e. The van der Waals surface area contributed by atoms with Crippen LogP contribution < -0.4 is 10.1 Å². The van der Waals surface area contributed by atoms with Crippen LogP contribution in [0.4, 0.5) is 0 Å². The Hall–Kier alpha value is -1.88. The molecule has 5 heteroatoms. The van der Waals surface area contributed by atoms with E-state index in [-0.39, 0.29) is 0 Å². The van der Waals surface area contributed by atoms with E-state index in [4.69, 9.17) is 4.74 Å². The molecule has 3 rings (SSSR count). The lowest BCUT2D eigenvalue weighted by Crippen LogP contribution is -2.36. The Morgan fingerprint density at radius 3 is 3.05 bits per heavy atom. The van der Waals surface area contributed by atoms with Crippen LogP contribution in [-0.2, 0) is 26.3 Å². The molecule has 1 atom stereocenters. The maximum atomic E-state index is 5.32. The predicted octanol–water partition coefficient (Wildman–Crippen LogP) is 1.51. The van der Waals surface area contributed by atoms with Gasteiger partial charge in [-0.2, -0.15) is 5.10 Å². The van der Waals surface area contributed by atoms with Crippen LogP contribution in [0.3, 0.4) is 0 Å². The van der Waals surface area contributed by atoms with Crippen LogP contribution in [0.2, 0.25) is 0 Å². The minimum atomic E-state index is 0.540. The number of aryl methyl sites for hydroxylation is 2. The Kier molecular flexibility index (Phi) is 4.20. The lowest BCUT2D eigenvalue weighted by molar-refractivity contribution is 0.411. The third kappa shape index (κ3) is 3.24. The van der Waals surface area contributed by atoms with Crippen LogP contribution in [0.25, 0.3) is 0 Å². The van der Waals surface area contributed by atoms with Crippen molar-refractivity contribution in [2.24, 2.45) is 7.05 Å². The highest BCUT2D eigenvalue weighted by atomic mass is 16.5. The van der Waals surface area contributed by atoms with Gasteiger partial charge in [0.05, 0.1) is 7.11 Å². The van der Waals surface area contributed by atoms with Gasteiger partial charge in [0.15, 0.2) is 0 Å². The second-order valence-electron chi connectivity index (χ2n) is 5.58. The minimum absolute atomic E-state index is 0.540. The minimum Gasteiger partial charge on any atom is -0.497 e. The molecule has 0 bridgehead atoms. The molecule has 1 aliphatic rings. The van der Waals surface area contributed by atoms with Crippen LogP contribution in [0.1, 0.15) is 23.4 Å². The van der Waals surface area contributed by atoms with Gasteiger partial charge in [0.25, 0.3) is 0 Å². The molecule has 0 saturated heterocycles. The monoisotopic (exact) mass is 286 g/mol. The van der Waals surface area contributed by atoms with Gasteiger partial charge >= 0.3 is 0 Å². The van der Waals surface area contributed by atoms with Crippen molar-refractivity contribution in [2.45, 2.75) is 31.7 Å². The van der Waals surface area contributed by atoms with Crippen molar-refractivity contribution in [3.05, 3.63) is 41.5 Å². The highest BCUT2D eigenvalue weighted by Crippen LogP contribution is 2.25. The van der Waals surface area contributed by atoms with Gasteiger partial charge in [-0.3, -0.25) is 4.68 Å². The molecule has 1 aliphatic carbocycles. The summed E-state index contributed by atoms with van der Waals surface area (Å²) in [5, 5.41) is 7.74. The largest absolute Gasteiger partial charge is 0.497 e. The molecule has 0 aliphatic heterocycles. The fraction of sp³-hybridized carbons (Fsp3) is 0.500. The van der Waals surface area contributed by atoms with Gasteiger partial charge in [-0.15, -0.1) is 0 Å². The van der Waals surface area contributed by atoms with Crippen molar-refractivity contribution >= 4 is 0 Å². The summed E-state index contributed by atoms with van der Waals surface area (Å²) in [6, 6.07) is 6.97. The summed E-state index contributed by atoms with van der Waals surface area (Å²) >= 11 is 0. The zero-order valence-electron chi connectivity index (χ0n) is 12.7. The van der Waals surface area contributed by atoms with Crippen molar-refractivity contribution in [1.29, 1.82) is 0 Å². The van der Waals surface area contributed by atoms with Crippen molar-refractivity contribution < 1.29 is 4.74 Å². The van der Waals surface area contributed by atoms with Crippen molar-refractivity contribution in [2.75, 3.05) is 13.7 Å². The fourth-order valence-corrected chi connectivity index (χ4v) is 2.97. The van der Waals surface area contributed by atoms with Gasteiger partial charge in [0, 0.05) is 26.1 Å². The number of benzene rings is 1. The van der Waals surface area contributed by atoms with E-state index in [2.05, 4.69) is 33.6 Å². The summed E-state index contributed by atoms with van der Waals surface area (Å²) in [7, 11) is 3.66. The van der Waals surface area contributed by atoms with E-state index < -0.39 is 0 Å². The molecule has 2 aromatic rings. The Morgan fingerprint density at radius 2 is 2.29 bits per heavy atom. The van der Waals surface area contributed by atoms with E-state index in [1.165, 1.54) is 17.5 Å². The summed E-state index contributed by atoms with van der Waals surface area (Å²) in [6.07, 6.45) is 5.93. The molecule has 1 aromatic heterocycles. The number of methoxy groups -OCH3 is 1. The second kappa shape index (κ2) is 6.26. The molecule has 0 fully saturated rings. The molecular weight excluding hydrogens is 264 g/mol. The molecule has 0 spiro atoms. The van der Waals surface area contributed by atoms with Crippen LogP contribution in [-0.4, -0.2) is 34.5 Å². The van der Waals surface area contributed by atoms with Crippen molar-refractivity contribution in [3.8, 4) is 5.75 Å². The van der Waals surface area contributed by atoms with E-state index in [0.29, 0.717) is 6.04 Å². The van der Waals surface area contributed by atoms with Gasteiger partial charge in [-0.05, 0) is 42.5 Å². The second-order valence-corrected chi connectivity index (χ2v) is 5.58. The normalized spacial score (nSPS) is 17.5. The van der Waals surface area contributed by atoms with Crippen LogP contribution in [0.5, 0.6) is 5.75 Å². The number of hydrogen-bond donors (Lipinski definition) is 1. The average molecular weight is 286 g/mol. The molecule has 21 heavy (non-hydrogen) atoms. The fourth-order valence-electron chi connectivity index (χ4n) is 2.97. The van der Waals surface area contributed by atoms with E-state index in [0.717, 1.165) is 37.4 Å². The lowest BCUT2D eigenvalue weighted by Gasteiger charge is -2.26. The first-order valence-electron chi connectivity index (χ1n) is 7.48. The first-order valence-corrected chi connectivity index (χ1v) is 7.48. The van der Waals surface area contributed by atoms with Gasteiger partial charge in [-0.1, -0.05) is 6.07 Å². The Bertz CT molecular complexity index is 608. The number of ether oxygens (including phenoxy) is 1. The first-order chi connectivity index (χ1) is 10.3. The Morgan fingerprint density at radius 1 is 1.38 bits per heavy atom. The lowest BCUT2D eigenvalue weighted by atomic mass is 9.88. The number of nitrogens with zero attached hydrogens (tertiary/aromatic N) is 3. The molecular formula is C16H22N4O. The van der Waals surface area contributed by atoms with Crippen LogP contribution in [0, 0.1) is 0 Å². The predicted molar refractivity (Wildman–Crippen MR) is 81.5 cm³/mol. The number of fused-ring (bicyclic) bond motifs is 1. The van der Waals surface area contributed by atoms with E-state index in [1.54, 1.807) is 13.4 Å². The van der Waals surface area contributed by atoms with E-state index >= 15 is 0 Å². The number of hydrogen-bond acceptors (Lipinski definition) is 4. The molecule has 0 unspecified atom stereocenters. The zero-order chi connectivity index (χ0) is 14.7. The Balaban J connectivity index is 1.55. The van der Waals surface area contributed by atoms with Crippen LogP contribution in [0.15, 0.2) is 24.5 Å². The third-order valence-corrected chi connectivity index (χ3v) is 4.23. The molecule has 1 heterocycles. The Labute approximate surface area is 125 Å². The van der Waals surface area contributed by atoms with Gasteiger partial charge in [0.1, 0.15) is 17.9 Å². The van der Waals surface area contributed by atoms with E-state index in [1.807, 2.05) is 11.7 Å². The molecule has 0 saturated carbocycles. The first kappa shape index (κ1) is 14.1. The van der Waals surface area contributed by atoms with Crippen molar-refractivity contribution in [1.82, 2.24) is 20.1 Å². The highest BCUT2D eigenvalue weighted by molar-refractivity contribution is 5.37. The highest BCUT2D eigenvalue weighted by Gasteiger charge is 2.18. The summed E-state index contributed by atoms with van der Waals surface area (Å²) in [5.74, 6) is 1.98. The van der Waals surface area contributed by atoms with Crippen LogP contribution >= 0.6 is 0 Å². The molecule has 1 aromatic carbocycles.